The monoisotopic (exact) mass is 391 g/mol. The van der Waals surface area contributed by atoms with E-state index in [0.29, 0.717) is 16.1 Å². The van der Waals surface area contributed by atoms with Crippen LogP contribution in [-0.4, -0.2) is 26.8 Å². The third-order valence-electron chi connectivity index (χ3n) is 4.46. The number of benzene rings is 2. The first-order chi connectivity index (χ1) is 13.6. The van der Waals surface area contributed by atoms with E-state index in [4.69, 9.17) is 11.6 Å². The van der Waals surface area contributed by atoms with Crippen LogP contribution in [0.5, 0.6) is 0 Å². The van der Waals surface area contributed by atoms with Gasteiger partial charge in [0.15, 0.2) is 0 Å². The molecule has 6 nitrogen and oxygen atoms in total. The minimum absolute atomic E-state index is 0.0571. The molecule has 3 aromatic rings. The van der Waals surface area contributed by atoms with Gasteiger partial charge in [-0.3, -0.25) is 14.5 Å². The molecule has 7 heteroatoms. The van der Waals surface area contributed by atoms with Crippen molar-refractivity contribution in [2.24, 2.45) is 0 Å². The number of nitrogens with zero attached hydrogens (tertiary/aromatic N) is 3. The molecular weight excluding hydrogens is 378 g/mol. The van der Waals surface area contributed by atoms with Crippen LogP contribution in [0.1, 0.15) is 17.2 Å². The third-order valence-corrected chi connectivity index (χ3v) is 4.80. The molecule has 2 heterocycles. The van der Waals surface area contributed by atoms with Crippen LogP contribution in [0.25, 0.3) is 5.76 Å². The lowest BCUT2D eigenvalue weighted by molar-refractivity contribution is -0.132. The van der Waals surface area contributed by atoms with E-state index in [1.165, 1.54) is 12.4 Å². The Morgan fingerprint density at radius 1 is 0.929 bits per heavy atom. The molecule has 0 saturated carbocycles. The molecule has 1 aliphatic rings. The van der Waals surface area contributed by atoms with Crippen molar-refractivity contribution in [2.45, 2.75) is 6.04 Å². The van der Waals surface area contributed by atoms with Crippen molar-refractivity contribution >= 4 is 35.0 Å². The highest BCUT2D eigenvalue weighted by molar-refractivity contribution is 6.51. The molecule has 0 aliphatic carbocycles. The lowest BCUT2D eigenvalue weighted by Gasteiger charge is -2.24. The summed E-state index contributed by atoms with van der Waals surface area (Å²) in [6.07, 6.45) is 2.95. The van der Waals surface area contributed by atoms with Crippen molar-refractivity contribution in [3.63, 3.8) is 0 Å². The zero-order valence-corrected chi connectivity index (χ0v) is 15.2. The number of hydrogen-bond acceptors (Lipinski definition) is 5. The number of halogens is 1. The summed E-state index contributed by atoms with van der Waals surface area (Å²) in [4.78, 5) is 35.1. The van der Waals surface area contributed by atoms with Crippen molar-refractivity contribution < 1.29 is 14.7 Å². The van der Waals surface area contributed by atoms with Gasteiger partial charge in [0.05, 0.1) is 11.6 Å². The standard InChI is InChI=1S/C21H14ClN3O3/c22-15-10-5-4-9-14(15)17-16(18(26)13-7-2-1-3-8-13)19(27)20(28)25(17)21-23-11-6-12-24-21/h1-12,17,26H. The number of carbonyl (C=O) groups is 2. The molecule has 1 saturated heterocycles. The van der Waals surface area contributed by atoms with Gasteiger partial charge in [-0.05, 0) is 17.7 Å². The summed E-state index contributed by atoms with van der Waals surface area (Å²) in [5.41, 5.74) is 0.858. The second-order valence-electron chi connectivity index (χ2n) is 6.11. The molecule has 1 fully saturated rings. The second-order valence-corrected chi connectivity index (χ2v) is 6.51. The van der Waals surface area contributed by atoms with Crippen LogP contribution in [-0.2, 0) is 9.59 Å². The summed E-state index contributed by atoms with van der Waals surface area (Å²) in [6, 6.07) is 16.1. The number of amides is 1. The van der Waals surface area contributed by atoms with Crippen molar-refractivity contribution in [1.29, 1.82) is 0 Å². The number of aliphatic hydroxyl groups excluding tert-OH is 1. The van der Waals surface area contributed by atoms with Crippen LogP contribution in [0.3, 0.4) is 0 Å². The van der Waals surface area contributed by atoms with E-state index in [-0.39, 0.29) is 17.3 Å². The second kappa shape index (κ2) is 7.25. The number of Topliss-reactive ketones (excluding diaryl/α,β-unsaturated/α-hetero) is 1. The van der Waals surface area contributed by atoms with Gasteiger partial charge in [-0.2, -0.15) is 0 Å². The molecule has 1 aromatic heterocycles. The van der Waals surface area contributed by atoms with Crippen molar-refractivity contribution in [2.75, 3.05) is 4.90 Å². The third kappa shape index (κ3) is 2.93. The van der Waals surface area contributed by atoms with Gasteiger partial charge in [0.25, 0.3) is 5.78 Å². The fraction of sp³-hybridized carbons (Fsp3) is 0.0476. The normalized spacial score (nSPS) is 18.5. The zero-order chi connectivity index (χ0) is 19.7. The fourth-order valence-electron chi connectivity index (χ4n) is 3.20. The van der Waals surface area contributed by atoms with Gasteiger partial charge >= 0.3 is 5.91 Å². The van der Waals surface area contributed by atoms with Crippen molar-refractivity contribution in [1.82, 2.24) is 9.97 Å². The van der Waals surface area contributed by atoms with Crippen LogP contribution >= 0.6 is 11.6 Å². The molecule has 0 radical (unpaired) electrons. The van der Waals surface area contributed by atoms with Crippen LogP contribution in [0.2, 0.25) is 5.02 Å². The molecule has 1 N–H and O–H groups in total. The Kier molecular flexibility index (Phi) is 4.63. The van der Waals surface area contributed by atoms with Gasteiger partial charge < -0.3 is 5.11 Å². The number of aromatic nitrogens is 2. The van der Waals surface area contributed by atoms with Gasteiger partial charge in [0.1, 0.15) is 5.76 Å². The summed E-state index contributed by atoms with van der Waals surface area (Å²) in [6.45, 7) is 0. The first-order valence-corrected chi connectivity index (χ1v) is 8.85. The summed E-state index contributed by atoms with van der Waals surface area (Å²) in [5, 5.41) is 11.2. The highest BCUT2D eigenvalue weighted by atomic mass is 35.5. The Morgan fingerprint density at radius 3 is 2.25 bits per heavy atom. The minimum atomic E-state index is -0.948. The van der Waals surface area contributed by atoms with Crippen LogP contribution in [0, 0.1) is 0 Å². The average molecular weight is 392 g/mol. The molecule has 1 unspecified atom stereocenters. The highest BCUT2D eigenvalue weighted by Gasteiger charge is 2.48. The fourth-order valence-corrected chi connectivity index (χ4v) is 3.44. The summed E-state index contributed by atoms with van der Waals surface area (Å²) in [7, 11) is 0. The van der Waals surface area contributed by atoms with Crippen LogP contribution < -0.4 is 4.90 Å². The van der Waals surface area contributed by atoms with Gasteiger partial charge in [-0.15, -0.1) is 0 Å². The molecule has 28 heavy (non-hydrogen) atoms. The molecule has 1 atom stereocenters. The average Bonchev–Trinajstić information content (AvgIpc) is 3.00. The Morgan fingerprint density at radius 2 is 1.57 bits per heavy atom. The molecule has 1 amide bonds. The largest absolute Gasteiger partial charge is 0.507 e. The van der Waals surface area contributed by atoms with Gasteiger partial charge in [-0.1, -0.05) is 60.1 Å². The number of rotatable bonds is 3. The predicted molar refractivity (Wildman–Crippen MR) is 105 cm³/mol. The minimum Gasteiger partial charge on any atom is -0.507 e. The SMILES string of the molecule is O=C1C(=O)N(c2ncccn2)C(c2ccccc2Cl)C1=C(O)c1ccccc1. The first-order valence-electron chi connectivity index (χ1n) is 8.47. The van der Waals surface area contributed by atoms with E-state index in [2.05, 4.69) is 9.97 Å². The maximum atomic E-state index is 12.9. The van der Waals surface area contributed by atoms with E-state index >= 15 is 0 Å². The molecule has 2 aromatic carbocycles. The molecule has 1 aliphatic heterocycles. The first kappa shape index (κ1) is 17.9. The number of hydrogen-bond donors (Lipinski definition) is 1. The smallest absolute Gasteiger partial charge is 0.302 e. The lowest BCUT2D eigenvalue weighted by Crippen LogP contribution is -2.31. The molecule has 138 valence electrons. The van der Waals surface area contributed by atoms with E-state index < -0.39 is 17.7 Å². The summed E-state index contributed by atoms with van der Waals surface area (Å²) in [5.74, 6) is -1.86. The summed E-state index contributed by atoms with van der Waals surface area (Å²) >= 11 is 6.37. The maximum Gasteiger partial charge on any atom is 0.302 e. The Labute approximate surface area is 165 Å². The van der Waals surface area contributed by atoms with Gasteiger partial charge in [0, 0.05) is 23.0 Å². The molecule has 4 rings (SSSR count). The van der Waals surface area contributed by atoms with Crippen LogP contribution in [0.4, 0.5) is 5.95 Å². The topological polar surface area (TPSA) is 83.4 Å². The summed E-state index contributed by atoms with van der Waals surface area (Å²) < 4.78 is 0. The zero-order valence-electron chi connectivity index (χ0n) is 14.5. The Bertz CT molecular complexity index is 1080. The number of aliphatic hydroxyl groups is 1. The van der Waals surface area contributed by atoms with Crippen molar-refractivity contribution in [3.8, 4) is 0 Å². The maximum absolute atomic E-state index is 12.9. The highest BCUT2D eigenvalue weighted by Crippen LogP contribution is 2.42. The predicted octanol–water partition coefficient (Wildman–Crippen LogP) is 3.76. The van der Waals surface area contributed by atoms with E-state index in [9.17, 15) is 14.7 Å². The number of ketones is 1. The molecular formula is C21H14ClN3O3. The van der Waals surface area contributed by atoms with Gasteiger partial charge in [0.2, 0.25) is 5.95 Å². The van der Waals surface area contributed by atoms with Gasteiger partial charge in [-0.25, -0.2) is 9.97 Å². The number of carbonyl (C=O) groups excluding carboxylic acids is 2. The number of anilines is 1. The van der Waals surface area contributed by atoms with E-state index in [1.807, 2.05) is 0 Å². The Balaban J connectivity index is 1.98. The van der Waals surface area contributed by atoms with E-state index in [0.717, 1.165) is 4.90 Å². The molecule has 0 bridgehead atoms. The quantitative estimate of drug-likeness (QED) is 0.417. The Hall–Kier alpha value is -3.51. The van der Waals surface area contributed by atoms with Crippen molar-refractivity contribution in [3.05, 3.63) is 94.8 Å². The molecule has 0 spiro atoms. The van der Waals surface area contributed by atoms with Crippen LogP contribution in [0.15, 0.2) is 78.6 Å². The van der Waals surface area contributed by atoms with E-state index in [1.54, 1.807) is 60.7 Å². The lowest BCUT2D eigenvalue weighted by atomic mass is 9.95.